The first-order chi connectivity index (χ1) is 20.4. The molecule has 6 aromatic carbocycles. The van der Waals surface area contributed by atoms with Crippen LogP contribution in [0.3, 0.4) is 0 Å². The highest BCUT2D eigenvalue weighted by molar-refractivity contribution is 6.99. The number of anilines is 3. The quantitative estimate of drug-likeness (QED) is 0.211. The molecule has 0 unspecified atom stereocenters. The topological polar surface area (TPSA) is 26.6 Å². The predicted octanol–water partition coefficient (Wildman–Crippen LogP) is 7.29. The lowest BCUT2D eigenvalue weighted by atomic mass is 9.34. The van der Waals surface area contributed by atoms with E-state index in [1.54, 1.807) is 0 Å². The van der Waals surface area contributed by atoms with Crippen LogP contribution >= 0.6 is 0 Å². The minimum Gasteiger partial charge on any atom is -0.456 e. The second-order valence-corrected chi connectivity index (χ2v) is 10.9. The van der Waals surface area contributed by atoms with Crippen molar-refractivity contribution in [1.82, 2.24) is 4.57 Å². The third kappa shape index (κ3) is 2.66. The SMILES string of the molecule is c1ccc2c(c1)Oc1c(N3c4ccccc4Oc4ccccc43)ccc3c1B2c1cccc2c4ccccc4n-3c12. The molecule has 3 aliphatic rings. The molecule has 7 aromatic rings. The predicted molar refractivity (Wildman–Crippen MR) is 167 cm³/mol. The Morgan fingerprint density at radius 1 is 0.463 bits per heavy atom. The number of aromatic nitrogens is 1. The van der Waals surface area contributed by atoms with Crippen LogP contribution in [0.25, 0.3) is 27.5 Å². The van der Waals surface area contributed by atoms with Crippen molar-refractivity contribution < 1.29 is 9.47 Å². The van der Waals surface area contributed by atoms with Crippen molar-refractivity contribution in [3.8, 4) is 28.7 Å². The first kappa shape index (κ1) is 21.4. The molecule has 5 heteroatoms. The van der Waals surface area contributed by atoms with Crippen molar-refractivity contribution in [2.45, 2.75) is 0 Å². The number of nitrogens with zero attached hydrogens (tertiary/aromatic N) is 2. The summed E-state index contributed by atoms with van der Waals surface area (Å²) in [5, 5.41) is 2.56. The summed E-state index contributed by atoms with van der Waals surface area (Å²) in [6.45, 7) is 0.0527. The van der Waals surface area contributed by atoms with Crippen LogP contribution in [0.2, 0.25) is 0 Å². The highest BCUT2D eigenvalue weighted by atomic mass is 16.5. The molecular weight excluding hydrogens is 503 g/mol. The minimum absolute atomic E-state index is 0.0527. The van der Waals surface area contributed by atoms with Crippen molar-refractivity contribution in [2.24, 2.45) is 0 Å². The van der Waals surface area contributed by atoms with Crippen LogP contribution in [0.5, 0.6) is 23.0 Å². The second kappa shape index (κ2) is 7.61. The van der Waals surface area contributed by atoms with E-state index in [0.717, 1.165) is 40.1 Å². The maximum absolute atomic E-state index is 6.94. The van der Waals surface area contributed by atoms with Gasteiger partial charge in [0.2, 0.25) is 0 Å². The summed E-state index contributed by atoms with van der Waals surface area (Å²) in [6, 6.07) is 44.9. The molecular formula is C36H21BN2O2. The van der Waals surface area contributed by atoms with Crippen molar-refractivity contribution >= 4 is 62.0 Å². The standard InChI is InChI=1S/C36H21BN2O2/c1-3-14-26-22(10-1)23-11-9-13-25-35(23)39(26)29-20-21-30(36-34(29)37(25)24-12-2-6-17-31(24)41-36)38-27-15-4-7-18-32(27)40-33-19-8-5-16-28(33)38/h1-21H. The van der Waals surface area contributed by atoms with Gasteiger partial charge in [-0.2, -0.15) is 0 Å². The Bertz CT molecular complexity index is 2210. The maximum atomic E-state index is 6.94. The van der Waals surface area contributed by atoms with Crippen molar-refractivity contribution in [3.63, 3.8) is 0 Å². The molecule has 0 saturated carbocycles. The van der Waals surface area contributed by atoms with Gasteiger partial charge < -0.3 is 14.0 Å². The monoisotopic (exact) mass is 524 g/mol. The summed E-state index contributed by atoms with van der Waals surface area (Å²) in [5.41, 5.74) is 10.4. The van der Waals surface area contributed by atoms with E-state index in [4.69, 9.17) is 9.47 Å². The van der Waals surface area contributed by atoms with Gasteiger partial charge in [0, 0.05) is 22.0 Å². The van der Waals surface area contributed by atoms with Crippen LogP contribution in [0.15, 0.2) is 127 Å². The number of fused-ring (bicyclic) bond motifs is 9. The molecule has 10 rings (SSSR count). The van der Waals surface area contributed by atoms with Gasteiger partial charge >= 0.3 is 0 Å². The van der Waals surface area contributed by atoms with Gasteiger partial charge in [-0.3, -0.25) is 4.90 Å². The van der Waals surface area contributed by atoms with Crippen LogP contribution in [-0.4, -0.2) is 11.3 Å². The van der Waals surface area contributed by atoms with E-state index in [2.05, 4.69) is 113 Å². The van der Waals surface area contributed by atoms with Gasteiger partial charge in [-0.15, -0.1) is 0 Å². The third-order valence-electron chi connectivity index (χ3n) is 8.83. The van der Waals surface area contributed by atoms with Gasteiger partial charge in [-0.05, 0) is 64.9 Å². The fourth-order valence-electron chi connectivity index (χ4n) is 7.23. The summed E-state index contributed by atoms with van der Waals surface area (Å²) < 4.78 is 15.7. The van der Waals surface area contributed by atoms with Crippen LogP contribution in [0.1, 0.15) is 0 Å². The smallest absolute Gasteiger partial charge is 0.256 e. The summed E-state index contributed by atoms with van der Waals surface area (Å²) >= 11 is 0. The number of benzene rings is 6. The lowest BCUT2D eigenvalue weighted by Crippen LogP contribution is -2.58. The number of rotatable bonds is 1. The molecule has 0 N–H and O–H groups in total. The molecule has 0 saturated heterocycles. The fourth-order valence-corrected chi connectivity index (χ4v) is 7.23. The van der Waals surface area contributed by atoms with E-state index in [9.17, 15) is 0 Å². The first-order valence-corrected chi connectivity index (χ1v) is 14.0. The lowest BCUT2D eigenvalue weighted by molar-refractivity contribution is 0.473. The van der Waals surface area contributed by atoms with Crippen molar-refractivity contribution in [2.75, 3.05) is 4.90 Å². The van der Waals surface area contributed by atoms with Crippen LogP contribution < -0.4 is 30.8 Å². The Balaban J connectivity index is 1.35. The zero-order chi connectivity index (χ0) is 26.7. The minimum atomic E-state index is 0.0527. The Hall–Kier alpha value is -5.42. The Labute approximate surface area is 236 Å². The fraction of sp³-hybridized carbons (Fsp3) is 0. The summed E-state index contributed by atoms with van der Waals surface area (Å²) in [6.07, 6.45) is 0. The molecule has 0 aliphatic carbocycles. The van der Waals surface area contributed by atoms with E-state index in [1.807, 2.05) is 24.3 Å². The number of para-hydroxylation sites is 7. The largest absolute Gasteiger partial charge is 0.456 e. The van der Waals surface area contributed by atoms with Crippen molar-refractivity contribution in [3.05, 3.63) is 127 Å². The number of ether oxygens (including phenoxy) is 2. The van der Waals surface area contributed by atoms with E-state index < -0.39 is 0 Å². The molecule has 0 radical (unpaired) electrons. The maximum Gasteiger partial charge on any atom is 0.256 e. The van der Waals surface area contributed by atoms with Crippen LogP contribution in [0, 0.1) is 0 Å². The van der Waals surface area contributed by atoms with E-state index >= 15 is 0 Å². The van der Waals surface area contributed by atoms with Gasteiger partial charge in [0.05, 0.1) is 22.6 Å². The van der Waals surface area contributed by atoms with Gasteiger partial charge in [-0.1, -0.05) is 78.9 Å². The first-order valence-electron chi connectivity index (χ1n) is 14.0. The molecule has 0 bridgehead atoms. The molecule has 0 amide bonds. The number of hydrogen-bond donors (Lipinski definition) is 0. The lowest BCUT2D eigenvalue weighted by Gasteiger charge is -2.38. The highest BCUT2D eigenvalue weighted by Gasteiger charge is 2.42. The van der Waals surface area contributed by atoms with Gasteiger partial charge in [0.25, 0.3) is 6.71 Å². The van der Waals surface area contributed by atoms with Crippen LogP contribution in [-0.2, 0) is 0 Å². The van der Waals surface area contributed by atoms with Crippen molar-refractivity contribution in [1.29, 1.82) is 0 Å². The van der Waals surface area contributed by atoms with E-state index in [-0.39, 0.29) is 6.71 Å². The summed E-state index contributed by atoms with van der Waals surface area (Å²) in [5.74, 6) is 3.44. The van der Waals surface area contributed by atoms with E-state index in [0.29, 0.717) is 0 Å². The Kier molecular flexibility index (Phi) is 3.98. The third-order valence-corrected chi connectivity index (χ3v) is 8.83. The number of hydrogen-bond acceptors (Lipinski definition) is 3. The molecule has 190 valence electrons. The highest BCUT2D eigenvalue weighted by Crippen LogP contribution is 2.53. The Morgan fingerprint density at radius 3 is 1.93 bits per heavy atom. The summed E-state index contributed by atoms with van der Waals surface area (Å²) in [7, 11) is 0. The average Bonchev–Trinajstić information content (AvgIpc) is 3.37. The van der Waals surface area contributed by atoms with Gasteiger partial charge in [0.1, 0.15) is 11.5 Å². The normalized spacial score (nSPS) is 13.7. The van der Waals surface area contributed by atoms with Gasteiger partial charge in [0.15, 0.2) is 11.5 Å². The molecule has 4 heterocycles. The zero-order valence-electron chi connectivity index (χ0n) is 21.9. The molecule has 0 fully saturated rings. The van der Waals surface area contributed by atoms with Gasteiger partial charge in [-0.25, -0.2) is 0 Å². The molecule has 0 atom stereocenters. The zero-order valence-corrected chi connectivity index (χ0v) is 21.9. The Morgan fingerprint density at radius 2 is 1.10 bits per heavy atom. The molecule has 3 aliphatic heterocycles. The molecule has 1 aromatic heterocycles. The molecule has 4 nitrogen and oxygen atoms in total. The van der Waals surface area contributed by atoms with Crippen LogP contribution in [0.4, 0.5) is 17.1 Å². The average molecular weight is 524 g/mol. The summed E-state index contributed by atoms with van der Waals surface area (Å²) in [4.78, 5) is 2.29. The van der Waals surface area contributed by atoms with E-state index in [1.165, 1.54) is 43.9 Å². The molecule has 0 spiro atoms. The molecule has 41 heavy (non-hydrogen) atoms. The second-order valence-electron chi connectivity index (χ2n) is 10.9.